The molecule has 1 N–H and O–H groups in total. The molecule has 0 atom stereocenters. The van der Waals surface area contributed by atoms with Crippen molar-refractivity contribution in [1.82, 2.24) is 0 Å². The predicted octanol–water partition coefficient (Wildman–Crippen LogP) is -1.58. The Kier molecular flexibility index (Phi) is 4.73. The van der Waals surface area contributed by atoms with Crippen molar-refractivity contribution in [1.29, 1.82) is 0 Å². The number of nitrogens with one attached hydrogen (secondary N) is 1. The lowest BCUT2D eigenvalue weighted by Gasteiger charge is -1.80. The van der Waals surface area contributed by atoms with Crippen LogP contribution in [-0.4, -0.2) is 0 Å². The van der Waals surface area contributed by atoms with Crippen LogP contribution in [0.5, 0.6) is 0 Å². The fourth-order valence-electron chi connectivity index (χ4n) is 0.549. The Morgan fingerprint density at radius 3 is 2.44 bits per heavy atom. The molecule has 1 rings (SSSR count). The first kappa shape index (κ1) is 9.61. The van der Waals surface area contributed by atoms with Gasteiger partial charge in [-0.3, -0.25) is 0 Å². The highest BCUT2D eigenvalue weighted by Gasteiger charge is 1.92. The zero-order chi connectivity index (χ0) is 5.98. The number of rotatable bonds is 0. The van der Waals surface area contributed by atoms with E-state index in [4.69, 9.17) is 0 Å². The Hall–Kier alpha value is 0.610. The number of hydrogen-bond acceptors (Lipinski definition) is 0. The van der Waals surface area contributed by atoms with E-state index in [1.54, 1.807) is 0 Å². The average molecular weight is 347 g/mol. The lowest BCUT2D eigenvalue weighted by atomic mass is 10.4. The zero-order valence-corrected chi connectivity index (χ0v) is 9.30. The predicted molar refractivity (Wildman–Crippen MR) is 40.5 cm³/mol. The van der Waals surface area contributed by atoms with E-state index in [2.05, 4.69) is 27.6 Å². The van der Waals surface area contributed by atoms with Crippen LogP contribution in [0.25, 0.3) is 0 Å². The van der Waals surface area contributed by atoms with Crippen molar-refractivity contribution in [3.8, 4) is 0 Å². The van der Waals surface area contributed by atoms with Gasteiger partial charge in [0, 0.05) is 41.6 Å². The van der Waals surface area contributed by atoms with Gasteiger partial charge in [-0.15, -0.1) is 0 Å². The van der Waals surface area contributed by atoms with E-state index in [1.807, 2.05) is 25.1 Å². The van der Waals surface area contributed by atoms with E-state index >= 15 is 0 Å². The topological polar surface area (TPSA) is 14.1 Å². The standard InChI is InChI=1S/C6H6IN.HI/c1-5-3-2-4-6(7)8-5;/h2-4H,1H3;1H. The molecule has 50 valence electrons. The Morgan fingerprint density at radius 1 is 1.44 bits per heavy atom. The van der Waals surface area contributed by atoms with Gasteiger partial charge in [-0.1, -0.05) is 0 Å². The second kappa shape index (κ2) is 4.43. The number of H-pyrrole nitrogens is 1. The van der Waals surface area contributed by atoms with Gasteiger partial charge >= 0.3 is 0 Å². The molecule has 0 bridgehead atoms. The molecule has 3 heteroatoms. The van der Waals surface area contributed by atoms with Crippen LogP contribution in [0.4, 0.5) is 0 Å². The lowest BCUT2D eigenvalue weighted by Crippen LogP contribution is -3.00. The maximum Gasteiger partial charge on any atom is 0.239 e. The number of aryl methyl sites for hydroxylation is 1. The van der Waals surface area contributed by atoms with E-state index in [9.17, 15) is 0 Å². The molecule has 0 aliphatic carbocycles. The number of halogens is 2. The Morgan fingerprint density at radius 2 is 2.11 bits per heavy atom. The summed E-state index contributed by atoms with van der Waals surface area (Å²) in [7, 11) is 0. The van der Waals surface area contributed by atoms with Gasteiger partial charge in [0.25, 0.3) is 0 Å². The van der Waals surface area contributed by atoms with Crippen molar-refractivity contribution < 1.29 is 29.0 Å². The summed E-state index contributed by atoms with van der Waals surface area (Å²) in [6.07, 6.45) is 0. The molecule has 0 amide bonds. The monoisotopic (exact) mass is 347 g/mol. The highest BCUT2D eigenvalue weighted by molar-refractivity contribution is 14.1. The summed E-state index contributed by atoms with van der Waals surface area (Å²) >= 11 is 2.25. The minimum absolute atomic E-state index is 0. The third kappa shape index (κ3) is 3.34. The van der Waals surface area contributed by atoms with Crippen LogP contribution in [0, 0.1) is 10.6 Å². The van der Waals surface area contributed by atoms with Crippen LogP contribution in [-0.2, 0) is 0 Å². The third-order valence-corrected chi connectivity index (χ3v) is 1.53. The van der Waals surface area contributed by atoms with E-state index in [0.29, 0.717) is 0 Å². The Bertz CT molecular complexity index is 171. The number of aromatic nitrogens is 1. The summed E-state index contributed by atoms with van der Waals surface area (Å²) in [6, 6.07) is 6.11. The van der Waals surface area contributed by atoms with Crippen molar-refractivity contribution >= 4 is 22.6 Å². The van der Waals surface area contributed by atoms with Gasteiger partial charge in [-0.05, 0) is 6.07 Å². The van der Waals surface area contributed by atoms with Crippen LogP contribution in [0.2, 0.25) is 0 Å². The van der Waals surface area contributed by atoms with Gasteiger partial charge in [-0.25, -0.2) is 4.98 Å². The quantitative estimate of drug-likeness (QED) is 0.398. The van der Waals surface area contributed by atoms with Crippen molar-refractivity contribution in [2.24, 2.45) is 0 Å². The van der Waals surface area contributed by atoms with E-state index < -0.39 is 0 Å². The maximum absolute atomic E-state index is 3.16. The number of pyridine rings is 1. The molecule has 0 saturated heterocycles. The molecular formula is C6H7I2N. The van der Waals surface area contributed by atoms with Gasteiger partial charge < -0.3 is 24.0 Å². The molecule has 0 aliphatic rings. The molecule has 0 fully saturated rings. The van der Waals surface area contributed by atoms with Crippen molar-refractivity contribution in [3.63, 3.8) is 0 Å². The first-order chi connectivity index (χ1) is 3.79. The SMILES string of the molecule is Cc1cccc(I)[nH+]1.[I-]. The fraction of sp³-hybridized carbons (Fsp3) is 0.167. The number of hydrogen-bond donors (Lipinski definition) is 0. The van der Waals surface area contributed by atoms with E-state index in [0.717, 1.165) is 0 Å². The van der Waals surface area contributed by atoms with Crippen LogP contribution in [0.15, 0.2) is 18.2 Å². The molecule has 0 radical (unpaired) electrons. The zero-order valence-electron chi connectivity index (χ0n) is 4.99. The number of aromatic amines is 1. The van der Waals surface area contributed by atoms with E-state index in [-0.39, 0.29) is 24.0 Å². The minimum atomic E-state index is 0. The second-order valence-electron chi connectivity index (χ2n) is 1.68. The smallest absolute Gasteiger partial charge is 0.239 e. The molecule has 9 heavy (non-hydrogen) atoms. The van der Waals surface area contributed by atoms with Crippen molar-refractivity contribution in [2.45, 2.75) is 6.92 Å². The normalized spacial score (nSPS) is 8.22. The molecule has 1 heterocycles. The molecular weight excluding hydrogens is 340 g/mol. The summed E-state index contributed by atoms with van der Waals surface area (Å²) in [5.41, 5.74) is 1.21. The van der Waals surface area contributed by atoms with Crippen LogP contribution in [0.1, 0.15) is 5.69 Å². The van der Waals surface area contributed by atoms with Crippen LogP contribution < -0.4 is 29.0 Å². The van der Waals surface area contributed by atoms with Crippen LogP contribution in [0.3, 0.4) is 0 Å². The molecule has 0 aliphatic heterocycles. The lowest BCUT2D eigenvalue weighted by molar-refractivity contribution is -0.403. The molecule has 0 spiro atoms. The minimum Gasteiger partial charge on any atom is -1.00 e. The van der Waals surface area contributed by atoms with Gasteiger partial charge in [0.15, 0.2) is 5.69 Å². The average Bonchev–Trinajstić information content (AvgIpc) is 1.64. The van der Waals surface area contributed by atoms with Crippen molar-refractivity contribution in [3.05, 3.63) is 27.6 Å². The molecule has 0 unspecified atom stereocenters. The Balaban J connectivity index is 0.000000640. The van der Waals surface area contributed by atoms with Crippen LogP contribution >= 0.6 is 22.6 Å². The van der Waals surface area contributed by atoms with Gasteiger partial charge in [-0.2, -0.15) is 0 Å². The van der Waals surface area contributed by atoms with Gasteiger partial charge in [0.05, 0.1) is 0 Å². The second-order valence-corrected chi connectivity index (χ2v) is 2.84. The molecule has 1 aromatic rings. The molecule has 1 nitrogen and oxygen atoms in total. The van der Waals surface area contributed by atoms with Crippen molar-refractivity contribution in [2.75, 3.05) is 0 Å². The molecule has 0 saturated carbocycles. The first-order valence-corrected chi connectivity index (χ1v) is 3.51. The summed E-state index contributed by atoms with van der Waals surface area (Å²) in [5, 5.41) is 0. The summed E-state index contributed by atoms with van der Waals surface area (Å²) < 4.78 is 1.18. The molecule has 1 aromatic heterocycles. The fourth-order valence-corrected chi connectivity index (χ4v) is 1.18. The van der Waals surface area contributed by atoms with Gasteiger partial charge in [0.2, 0.25) is 3.70 Å². The summed E-state index contributed by atoms with van der Waals surface area (Å²) in [5.74, 6) is 0. The summed E-state index contributed by atoms with van der Waals surface area (Å²) in [6.45, 7) is 2.04. The first-order valence-electron chi connectivity index (χ1n) is 2.43. The highest BCUT2D eigenvalue weighted by Crippen LogP contribution is 1.94. The molecule has 0 aromatic carbocycles. The maximum atomic E-state index is 3.16. The third-order valence-electron chi connectivity index (χ3n) is 0.905. The highest BCUT2D eigenvalue weighted by atomic mass is 127. The summed E-state index contributed by atoms with van der Waals surface area (Å²) in [4.78, 5) is 3.16. The largest absolute Gasteiger partial charge is 1.00 e. The van der Waals surface area contributed by atoms with Gasteiger partial charge in [0.1, 0.15) is 0 Å². The Labute approximate surface area is 85.4 Å². The van der Waals surface area contributed by atoms with E-state index in [1.165, 1.54) is 9.39 Å².